The van der Waals surface area contributed by atoms with E-state index in [1.165, 1.54) is 0 Å². The van der Waals surface area contributed by atoms with Crippen LogP contribution < -0.4 is 9.54 Å². The molecule has 0 aliphatic heterocycles. The van der Waals surface area contributed by atoms with E-state index in [-0.39, 0.29) is 5.91 Å². The number of hydrogen-bond donors (Lipinski definition) is 0. The molecule has 122 valence electrons. The van der Waals surface area contributed by atoms with E-state index in [1.54, 1.807) is 56.8 Å². The SMILES string of the molecule is CCOC(=O)c1sc(=NC(=O)c2ccc(OC)cc2)n(C)c1C. The number of carbonyl (C=O) groups is 2. The van der Waals surface area contributed by atoms with E-state index >= 15 is 0 Å². The molecule has 7 heteroatoms. The largest absolute Gasteiger partial charge is 0.497 e. The lowest BCUT2D eigenvalue weighted by atomic mass is 10.2. The number of aromatic nitrogens is 1. The van der Waals surface area contributed by atoms with Gasteiger partial charge in [0.2, 0.25) is 0 Å². The van der Waals surface area contributed by atoms with Crippen molar-refractivity contribution < 1.29 is 19.1 Å². The summed E-state index contributed by atoms with van der Waals surface area (Å²) in [5.74, 6) is -0.104. The number of hydrogen-bond acceptors (Lipinski definition) is 5. The zero-order valence-electron chi connectivity index (χ0n) is 13.5. The Morgan fingerprint density at radius 3 is 2.48 bits per heavy atom. The topological polar surface area (TPSA) is 69.9 Å². The van der Waals surface area contributed by atoms with Gasteiger partial charge in [0.15, 0.2) is 4.80 Å². The Kier molecular flexibility index (Phi) is 5.33. The highest BCUT2D eigenvalue weighted by molar-refractivity contribution is 7.11. The monoisotopic (exact) mass is 334 g/mol. The molecule has 0 radical (unpaired) electrons. The van der Waals surface area contributed by atoms with Crippen LogP contribution in [0.3, 0.4) is 0 Å². The molecule has 0 saturated heterocycles. The van der Waals surface area contributed by atoms with Crippen molar-refractivity contribution in [3.63, 3.8) is 0 Å². The number of ether oxygens (including phenoxy) is 2. The van der Waals surface area contributed by atoms with E-state index in [0.717, 1.165) is 17.0 Å². The number of benzene rings is 1. The van der Waals surface area contributed by atoms with E-state index in [2.05, 4.69) is 4.99 Å². The first-order chi connectivity index (χ1) is 11.0. The van der Waals surface area contributed by atoms with Gasteiger partial charge in [0.05, 0.1) is 13.7 Å². The standard InChI is InChI=1S/C16H18N2O4S/c1-5-22-15(20)13-10(2)18(3)16(23-13)17-14(19)11-6-8-12(21-4)9-7-11/h6-9H,5H2,1-4H3. The molecule has 0 unspecified atom stereocenters. The maximum Gasteiger partial charge on any atom is 0.350 e. The van der Waals surface area contributed by atoms with Crippen molar-refractivity contribution in [3.05, 3.63) is 45.2 Å². The van der Waals surface area contributed by atoms with Crippen LogP contribution in [0, 0.1) is 6.92 Å². The summed E-state index contributed by atoms with van der Waals surface area (Å²) in [7, 11) is 3.32. The van der Waals surface area contributed by atoms with Crippen molar-refractivity contribution >= 4 is 23.2 Å². The summed E-state index contributed by atoms with van der Waals surface area (Å²) < 4.78 is 11.8. The first-order valence-corrected chi connectivity index (χ1v) is 7.86. The molecule has 0 aliphatic carbocycles. The third-order valence-corrected chi connectivity index (χ3v) is 4.52. The molecule has 0 bridgehead atoms. The molecule has 1 amide bonds. The summed E-state index contributed by atoms with van der Waals surface area (Å²) in [5.41, 5.74) is 1.17. The summed E-state index contributed by atoms with van der Waals surface area (Å²) in [5, 5.41) is 0. The van der Waals surface area contributed by atoms with E-state index < -0.39 is 5.97 Å². The molecule has 0 aliphatic rings. The number of thiazole rings is 1. The maximum atomic E-state index is 12.3. The van der Waals surface area contributed by atoms with Crippen LogP contribution in [-0.2, 0) is 11.8 Å². The van der Waals surface area contributed by atoms with Gasteiger partial charge in [-0.3, -0.25) is 4.79 Å². The highest BCUT2D eigenvalue weighted by Crippen LogP contribution is 2.14. The second-order valence-electron chi connectivity index (χ2n) is 4.72. The molecule has 2 aromatic rings. The van der Waals surface area contributed by atoms with Crippen LogP contribution in [0.4, 0.5) is 0 Å². The number of esters is 1. The maximum absolute atomic E-state index is 12.3. The molecule has 2 rings (SSSR count). The van der Waals surface area contributed by atoms with E-state index in [4.69, 9.17) is 9.47 Å². The van der Waals surface area contributed by atoms with Gasteiger partial charge in [-0.05, 0) is 38.1 Å². The summed E-state index contributed by atoms with van der Waals surface area (Å²) in [4.78, 5) is 29.2. The Morgan fingerprint density at radius 1 is 1.26 bits per heavy atom. The number of methoxy groups -OCH3 is 1. The van der Waals surface area contributed by atoms with Crippen LogP contribution >= 0.6 is 11.3 Å². The molecule has 1 heterocycles. The Balaban J connectivity index is 2.36. The van der Waals surface area contributed by atoms with Crippen LogP contribution in [0.15, 0.2) is 29.3 Å². The lowest BCUT2D eigenvalue weighted by Gasteiger charge is -2.00. The van der Waals surface area contributed by atoms with Gasteiger partial charge in [-0.25, -0.2) is 4.79 Å². The lowest BCUT2D eigenvalue weighted by Crippen LogP contribution is -2.14. The zero-order valence-corrected chi connectivity index (χ0v) is 14.3. The fraction of sp³-hybridized carbons (Fsp3) is 0.312. The van der Waals surface area contributed by atoms with E-state index in [0.29, 0.717) is 27.6 Å². The number of nitrogens with zero attached hydrogens (tertiary/aromatic N) is 2. The van der Waals surface area contributed by atoms with Gasteiger partial charge in [-0.2, -0.15) is 4.99 Å². The summed E-state index contributed by atoms with van der Waals surface area (Å²) in [6.45, 7) is 3.84. The molecule has 23 heavy (non-hydrogen) atoms. The molecule has 1 aromatic heterocycles. The van der Waals surface area contributed by atoms with E-state index in [9.17, 15) is 9.59 Å². The average molecular weight is 334 g/mol. The van der Waals surface area contributed by atoms with Gasteiger partial charge in [-0.15, -0.1) is 0 Å². The lowest BCUT2D eigenvalue weighted by molar-refractivity contribution is 0.0530. The highest BCUT2D eigenvalue weighted by Gasteiger charge is 2.16. The number of amides is 1. The van der Waals surface area contributed by atoms with Crippen molar-refractivity contribution in [2.24, 2.45) is 12.0 Å². The van der Waals surface area contributed by atoms with Crippen LogP contribution in [0.5, 0.6) is 5.75 Å². The van der Waals surface area contributed by atoms with Gasteiger partial charge in [0.25, 0.3) is 5.91 Å². The third-order valence-electron chi connectivity index (χ3n) is 3.31. The number of rotatable bonds is 4. The predicted octanol–water partition coefficient (Wildman–Crippen LogP) is 2.32. The number of carbonyl (C=O) groups excluding carboxylic acids is 2. The minimum Gasteiger partial charge on any atom is -0.497 e. The van der Waals surface area contributed by atoms with Crippen molar-refractivity contribution in [1.29, 1.82) is 0 Å². The molecule has 6 nitrogen and oxygen atoms in total. The second kappa shape index (κ2) is 7.23. The van der Waals surface area contributed by atoms with Gasteiger partial charge in [0.1, 0.15) is 10.6 Å². The molecule has 1 aromatic carbocycles. The quantitative estimate of drug-likeness (QED) is 0.805. The normalized spacial score (nSPS) is 11.4. The zero-order chi connectivity index (χ0) is 17.0. The van der Waals surface area contributed by atoms with E-state index in [1.807, 2.05) is 0 Å². The molecular weight excluding hydrogens is 316 g/mol. The van der Waals surface area contributed by atoms with Crippen LogP contribution in [0.1, 0.15) is 32.6 Å². The van der Waals surface area contributed by atoms with Crippen molar-refractivity contribution in [1.82, 2.24) is 4.57 Å². The van der Waals surface area contributed by atoms with Crippen LogP contribution in [0.25, 0.3) is 0 Å². The van der Waals surface area contributed by atoms with Gasteiger partial charge < -0.3 is 14.0 Å². The highest BCUT2D eigenvalue weighted by atomic mass is 32.1. The molecule has 0 atom stereocenters. The van der Waals surface area contributed by atoms with Crippen molar-refractivity contribution in [2.45, 2.75) is 13.8 Å². The first kappa shape index (κ1) is 17.0. The minimum absolute atomic E-state index is 0.303. The average Bonchev–Trinajstić information content (AvgIpc) is 2.83. The first-order valence-electron chi connectivity index (χ1n) is 7.04. The minimum atomic E-state index is -0.399. The summed E-state index contributed by atoms with van der Waals surface area (Å²) in [6.07, 6.45) is 0. The Hall–Kier alpha value is -2.41. The molecule has 0 saturated carbocycles. The van der Waals surface area contributed by atoms with Crippen molar-refractivity contribution in [3.8, 4) is 5.75 Å². The smallest absolute Gasteiger partial charge is 0.350 e. The Bertz CT molecular complexity index is 787. The third kappa shape index (κ3) is 3.68. The van der Waals surface area contributed by atoms with Gasteiger partial charge >= 0.3 is 5.97 Å². The Morgan fingerprint density at radius 2 is 1.91 bits per heavy atom. The molecular formula is C16H18N2O4S. The van der Waals surface area contributed by atoms with Crippen molar-refractivity contribution in [2.75, 3.05) is 13.7 Å². The fourth-order valence-corrected chi connectivity index (χ4v) is 2.91. The predicted molar refractivity (Wildman–Crippen MR) is 86.9 cm³/mol. The second-order valence-corrected chi connectivity index (χ2v) is 5.70. The Labute approximate surface area is 138 Å². The summed E-state index contributed by atoms with van der Waals surface area (Å²) >= 11 is 1.14. The molecule has 0 fully saturated rings. The fourth-order valence-electron chi connectivity index (χ4n) is 1.90. The van der Waals surface area contributed by atoms with Gasteiger partial charge in [-0.1, -0.05) is 11.3 Å². The van der Waals surface area contributed by atoms with Crippen LogP contribution in [0.2, 0.25) is 0 Å². The van der Waals surface area contributed by atoms with Crippen LogP contribution in [-0.4, -0.2) is 30.2 Å². The molecule has 0 N–H and O–H groups in total. The molecule has 0 spiro atoms. The summed E-state index contributed by atoms with van der Waals surface area (Å²) in [6, 6.07) is 6.70. The van der Waals surface area contributed by atoms with Gasteiger partial charge in [0, 0.05) is 18.3 Å².